The predicted octanol–water partition coefficient (Wildman–Crippen LogP) is 4.96. The Bertz CT molecular complexity index is 1810. The Morgan fingerprint density at radius 2 is 2.00 bits per heavy atom. The fourth-order valence-electron chi connectivity index (χ4n) is 9.26. The number of carbonyl (C=O) groups is 3. The molecule has 1 saturated heterocycles. The summed E-state index contributed by atoms with van der Waals surface area (Å²) in [5, 5.41) is 34.0. The van der Waals surface area contributed by atoms with Crippen molar-refractivity contribution in [3.05, 3.63) is 93.4 Å². The Morgan fingerprint density at radius 3 is 2.73 bits per heavy atom. The van der Waals surface area contributed by atoms with E-state index >= 15 is 4.79 Å². The fourth-order valence-corrected chi connectivity index (χ4v) is 9.26. The van der Waals surface area contributed by atoms with E-state index in [4.69, 9.17) is 9.47 Å². The SMILES string of the molecule is CCNC1C=C2C=CCCC2CC1C(CCCO)OC(=O)C12OC1(CC(CO)=C(C)CCC1=CCNC(NCNC)=C1)C(=O)c1cccc(CC(C)C)c1C2=O. The van der Waals surface area contributed by atoms with Gasteiger partial charge in [-0.2, -0.15) is 0 Å². The summed E-state index contributed by atoms with van der Waals surface area (Å²) in [7, 11) is 1.87. The van der Waals surface area contributed by atoms with E-state index in [1.54, 1.807) is 12.1 Å². The summed E-state index contributed by atoms with van der Waals surface area (Å²) in [6.07, 6.45) is 15.5. The molecule has 11 nitrogen and oxygen atoms in total. The van der Waals surface area contributed by atoms with E-state index < -0.39 is 34.8 Å². The molecule has 56 heavy (non-hydrogen) atoms. The molecule has 6 rings (SSSR count). The van der Waals surface area contributed by atoms with Crippen LogP contribution in [0.1, 0.15) is 105 Å². The molecule has 11 heteroatoms. The van der Waals surface area contributed by atoms with Gasteiger partial charge in [-0.3, -0.25) is 9.59 Å². The highest BCUT2D eigenvalue weighted by Gasteiger charge is 2.86. The van der Waals surface area contributed by atoms with Gasteiger partial charge in [-0.25, -0.2) is 4.79 Å². The number of nitrogens with one attached hydrogen (secondary N) is 4. The molecule has 0 saturated carbocycles. The molecule has 3 aliphatic carbocycles. The largest absolute Gasteiger partial charge is 0.459 e. The van der Waals surface area contributed by atoms with Gasteiger partial charge in [-0.05, 0) is 112 Å². The molecule has 0 spiro atoms. The number of epoxide rings is 1. The number of allylic oxidation sites excluding steroid dienone is 6. The second kappa shape index (κ2) is 18.2. The van der Waals surface area contributed by atoms with Gasteiger partial charge < -0.3 is 41.0 Å². The molecule has 0 aromatic heterocycles. The summed E-state index contributed by atoms with van der Waals surface area (Å²) in [6, 6.07) is 5.20. The van der Waals surface area contributed by atoms with Crippen molar-refractivity contribution in [1.29, 1.82) is 0 Å². The van der Waals surface area contributed by atoms with E-state index in [9.17, 15) is 19.8 Å². The zero-order chi connectivity index (χ0) is 40.0. The van der Waals surface area contributed by atoms with E-state index in [-0.39, 0.29) is 48.6 Å². The van der Waals surface area contributed by atoms with Gasteiger partial charge >= 0.3 is 5.97 Å². The molecule has 304 valence electrons. The maximum Gasteiger partial charge on any atom is 0.350 e. The number of dihydropyridines is 1. The van der Waals surface area contributed by atoms with Crippen LogP contribution in [0.4, 0.5) is 0 Å². The first-order valence-electron chi connectivity index (χ1n) is 20.7. The van der Waals surface area contributed by atoms with Crippen molar-refractivity contribution in [3.8, 4) is 0 Å². The van der Waals surface area contributed by atoms with Gasteiger partial charge in [0.25, 0.3) is 5.60 Å². The van der Waals surface area contributed by atoms with E-state index in [2.05, 4.69) is 51.6 Å². The van der Waals surface area contributed by atoms with E-state index in [1.807, 2.05) is 40.8 Å². The van der Waals surface area contributed by atoms with Gasteiger partial charge in [0.1, 0.15) is 11.9 Å². The van der Waals surface area contributed by atoms with Crippen molar-refractivity contribution in [2.45, 2.75) is 109 Å². The molecule has 1 fully saturated rings. The molecule has 0 radical (unpaired) electrons. The molecule has 2 aliphatic heterocycles. The van der Waals surface area contributed by atoms with E-state index in [0.29, 0.717) is 68.9 Å². The van der Waals surface area contributed by atoms with Gasteiger partial charge in [0.2, 0.25) is 5.78 Å². The average Bonchev–Trinajstić information content (AvgIpc) is 3.90. The summed E-state index contributed by atoms with van der Waals surface area (Å²) in [5.74, 6) is -0.534. The van der Waals surface area contributed by atoms with Crippen molar-refractivity contribution >= 4 is 17.5 Å². The Kier molecular flexibility index (Phi) is 13.5. The maximum absolute atomic E-state index is 15.0. The molecule has 0 bridgehead atoms. The van der Waals surface area contributed by atoms with Crippen LogP contribution in [-0.2, 0) is 20.7 Å². The summed E-state index contributed by atoms with van der Waals surface area (Å²) in [5.41, 5.74) is 0.993. The lowest BCUT2D eigenvalue weighted by Gasteiger charge is -2.40. The molecular weight excluding hydrogens is 709 g/mol. The van der Waals surface area contributed by atoms with Gasteiger partial charge in [0, 0.05) is 42.7 Å². The number of Topliss-reactive ketones (excluding diaryl/α,β-unsaturated/α-hetero) is 2. The van der Waals surface area contributed by atoms with Crippen LogP contribution in [0.2, 0.25) is 0 Å². The number of likely N-dealkylation sites (N-methyl/N-ethyl adjacent to an activating group) is 1. The zero-order valence-electron chi connectivity index (χ0n) is 33.8. The van der Waals surface area contributed by atoms with Crippen molar-refractivity contribution in [2.24, 2.45) is 17.8 Å². The smallest absolute Gasteiger partial charge is 0.350 e. The lowest BCUT2D eigenvalue weighted by molar-refractivity contribution is -0.158. The van der Waals surface area contributed by atoms with Gasteiger partial charge in [-0.15, -0.1) is 0 Å². The van der Waals surface area contributed by atoms with Crippen LogP contribution in [-0.4, -0.2) is 91.1 Å². The lowest BCUT2D eigenvalue weighted by Crippen LogP contribution is -2.53. The standard InChI is InChI=1S/C45H62N4O7/c1-6-47-37-24-32-12-8-7-11-31(32)23-36(37)38(15-10-20-50)55-43(54)45-42(53)40-33(21-28(2)3)13-9-14-35(40)41(52)44(45,56-45)25-34(26-51)29(4)16-17-30-18-19-48-39(22-30)49-27-46-5/h8-9,12-14,18,22,24,28,31,36-38,46-51H,6-7,10-11,15-17,19-21,23,25-27H2,1-5H3. The second-order valence-corrected chi connectivity index (χ2v) is 16.5. The van der Waals surface area contributed by atoms with Crippen molar-refractivity contribution in [3.63, 3.8) is 0 Å². The second-order valence-electron chi connectivity index (χ2n) is 16.5. The third-order valence-electron chi connectivity index (χ3n) is 12.2. The number of carbonyl (C=O) groups excluding carboxylic acids is 3. The molecule has 5 aliphatic rings. The van der Waals surface area contributed by atoms with Crippen LogP contribution in [0.15, 0.2) is 76.7 Å². The third kappa shape index (κ3) is 8.25. The Labute approximate surface area is 332 Å². The summed E-state index contributed by atoms with van der Waals surface area (Å²) in [6.45, 7) is 9.66. The molecular formula is C45H62N4O7. The van der Waals surface area contributed by atoms with Crippen molar-refractivity contribution in [2.75, 3.05) is 40.0 Å². The maximum atomic E-state index is 15.0. The molecule has 1 aromatic rings. The number of ether oxygens (including phenoxy) is 2. The third-order valence-corrected chi connectivity index (χ3v) is 12.2. The van der Waals surface area contributed by atoms with Gasteiger partial charge in [0.05, 0.1) is 13.3 Å². The Balaban J connectivity index is 1.35. The van der Waals surface area contributed by atoms with Crippen LogP contribution in [0.3, 0.4) is 0 Å². The minimum Gasteiger partial charge on any atom is -0.459 e. The quantitative estimate of drug-likeness (QED) is 0.0371. The predicted molar refractivity (Wildman–Crippen MR) is 217 cm³/mol. The van der Waals surface area contributed by atoms with Crippen LogP contribution in [0.5, 0.6) is 0 Å². The first-order valence-corrected chi connectivity index (χ1v) is 20.7. The van der Waals surface area contributed by atoms with Gasteiger partial charge in [0.15, 0.2) is 11.4 Å². The number of hydrogen-bond donors (Lipinski definition) is 6. The Morgan fingerprint density at radius 1 is 1.18 bits per heavy atom. The van der Waals surface area contributed by atoms with Crippen molar-refractivity contribution in [1.82, 2.24) is 21.3 Å². The molecule has 1 aromatic carbocycles. The highest BCUT2D eigenvalue weighted by Crippen LogP contribution is 2.60. The van der Waals surface area contributed by atoms with Gasteiger partial charge in [-0.1, -0.05) is 68.8 Å². The zero-order valence-corrected chi connectivity index (χ0v) is 33.8. The molecule has 6 N–H and O–H groups in total. The number of ketones is 2. The number of fused-ring (bicyclic) bond motifs is 3. The van der Waals surface area contributed by atoms with Crippen LogP contribution in [0.25, 0.3) is 0 Å². The monoisotopic (exact) mass is 770 g/mol. The summed E-state index contributed by atoms with van der Waals surface area (Å²) in [4.78, 5) is 44.8. The fraction of sp³-hybridized carbons (Fsp3) is 0.578. The molecule has 2 heterocycles. The van der Waals surface area contributed by atoms with E-state index in [0.717, 1.165) is 36.2 Å². The summed E-state index contributed by atoms with van der Waals surface area (Å²) < 4.78 is 12.9. The lowest BCUT2D eigenvalue weighted by atomic mass is 9.69. The van der Waals surface area contributed by atoms with Crippen LogP contribution >= 0.6 is 0 Å². The van der Waals surface area contributed by atoms with Crippen molar-refractivity contribution < 1.29 is 34.1 Å². The molecule has 0 amide bonds. The highest BCUT2D eigenvalue weighted by molar-refractivity contribution is 6.33. The number of rotatable bonds is 19. The topological polar surface area (TPSA) is 162 Å². The van der Waals surface area contributed by atoms with Crippen LogP contribution < -0.4 is 21.3 Å². The minimum absolute atomic E-state index is 0.0737. The molecule has 6 atom stereocenters. The number of aliphatic hydroxyl groups excluding tert-OH is 2. The van der Waals surface area contributed by atoms with E-state index in [1.165, 1.54) is 5.57 Å². The normalized spacial score (nSPS) is 27.5. The average molecular weight is 771 g/mol. The molecule has 6 unspecified atom stereocenters. The highest BCUT2D eigenvalue weighted by atomic mass is 16.7. The number of benzene rings is 1. The summed E-state index contributed by atoms with van der Waals surface area (Å²) >= 11 is 0. The number of hydrogen-bond acceptors (Lipinski definition) is 11. The Hall–Kier alpha value is -3.87. The minimum atomic E-state index is -2.19. The number of esters is 1. The first kappa shape index (κ1) is 41.8. The van der Waals surface area contributed by atoms with Crippen LogP contribution in [0, 0.1) is 17.8 Å². The number of aliphatic hydroxyl groups is 2. The first-order chi connectivity index (χ1) is 27.0.